The van der Waals surface area contributed by atoms with Gasteiger partial charge in [0.1, 0.15) is 5.69 Å². The maximum atomic E-state index is 11.8. The van der Waals surface area contributed by atoms with Gasteiger partial charge in [0.25, 0.3) is 5.91 Å². The quantitative estimate of drug-likeness (QED) is 0.794. The van der Waals surface area contributed by atoms with Gasteiger partial charge in [0.2, 0.25) is 0 Å². The largest absolute Gasteiger partial charge is 0.481 e. The fourth-order valence-corrected chi connectivity index (χ4v) is 1.67. The van der Waals surface area contributed by atoms with E-state index in [1.165, 1.54) is 12.5 Å². The van der Waals surface area contributed by atoms with E-state index in [-0.39, 0.29) is 5.91 Å². The van der Waals surface area contributed by atoms with Gasteiger partial charge in [0.05, 0.1) is 17.9 Å². The van der Waals surface area contributed by atoms with Crippen molar-refractivity contribution in [3.8, 4) is 0 Å². The second-order valence-corrected chi connectivity index (χ2v) is 4.93. The van der Waals surface area contributed by atoms with Crippen LogP contribution in [-0.2, 0) is 10.2 Å². The number of H-pyrrole nitrogens is 1. The molecule has 1 aromatic carbocycles. The topological polar surface area (TPSA) is 95.1 Å². The van der Waals surface area contributed by atoms with Crippen molar-refractivity contribution in [3.63, 3.8) is 0 Å². The molecule has 0 spiro atoms. The second kappa shape index (κ2) is 5.16. The van der Waals surface area contributed by atoms with Crippen LogP contribution >= 0.6 is 0 Å². The lowest BCUT2D eigenvalue weighted by Crippen LogP contribution is -2.28. The monoisotopic (exact) mass is 273 g/mol. The minimum absolute atomic E-state index is 0.298. The number of carbonyl (C=O) groups excluding carboxylic acids is 1. The van der Waals surface area contributed by atoms with E-state index < -0.39 is 11.4 Å². The number of rotatable bonds is 4. The van der Waals surface area contributed by atoms with Gasteiger partial charge in [0, 0.05) is 5.69 Å². The first-order valence-corrected chi connectivity index (χ1v) is 6.05. The zero-order valence-corrected chi connectivity index (χ0v) is 11.2. The van der Waals surface area contributed by atoms with Gasteiger partial charge < -0.3 is 15.4 Å². The van der Waals surface area contributed by atoms with Gasteiger partial charge in [-0.15, -0.1) is 0 Å². The van der Waals surface area contributed by atoms with Crippen LogP contribution in [0.1, 0.15) is 29.9 Å². The van der Waals surface area contributed by atoms with Crippen LogP contribution in [0.25, 0.3) is 0 Å². The van der Waals surface area contributed by atoms with Crippen molar-refractivity contribution in [2.75, 3.05) is 5.32 Å². The van der Waals surface area contributed by atoms with Crippen LogP contribution in [0.3, 0.4) is 0 Å². The molecule has 0 saturated carbocycles. The number of benzene rings is 1. The lowest BCUT2D eigenvalue weighted by Gasteiger charge is -2.19. The first kappa shape index (κ1) is 13.8. The number of hydrogen-bond acceptors (Lipinski definition) is 3. The Morgan fingerprint density at radius 1 is 1.25 bits per heavy atom. The van der Waals surface area contributed by atoms with Crippen molar-refractivity contribution in [2.24, 2.45) is 0 Å². The number of carbonyl (C=O) groups is 2. The van der Waals surface area contributed by atoms with E-state index in [9.17, 15) is 9.59 Å². The number of amides is 1. The molecule has 0 unspecified atom stereocenters. The third-order valence-corrected chi connectivity index (χ3v) is 3.14. The Hall–Kier alpha value is -2.63. The molecule has 0 aliphatic carbocycles. The molecule has 0 atom stereocenters. The lowest BCUT2D eigenvalue weighted by atomic mass is 9.85. The van der Waals surface area contributed by atoms with Gasteiger partial charge in [-0.2, -0.15) is 0 Å². The predicted octanol–water partition coefficient (Wildman–Crippen LogP) is 2.02. The molecule has 3 N–H and O–H groups in total. The summed E-state index contributed by atoms with van der Waals surface area (Å²) in [5.41, 5.74) is 0.658. The highest BCUT2D eigenvalue weighted by molar-refractivity contribution is 6.02. The van der Waals surface area contributed by atoms with Gasteiger partial charge in [0.15, 0.2) is 0 Å². The molecule has 104 valence electrons. The third-order valence-electron chi connectivity index (χ3n) is 3.14. The number of aromatic amines is 1. The molecular formula is C14H15N3O3. The summed E-state index contributed by atoms with van der Waals surface area (Å²) in [6, 6.07) is 6.73. The molecule has 0 bridgehead atoms. The Morgan fingerprint density at radius 2 is 1.90 bits per heavy atom. The number of carboxylic acids is 1. The number of carboxylic acid groups (broad SMARTS) is 1. The molecule has 1 heterocycles. The summed E-state index contributed by atoms with van der Waals surface area (Å²) in [7, 11) is 0. The normalized spacial score (nSPS) is 11.1. The molecule has 0 aliphatic rings. The van der Waals surface area contributed by atoms with E-state index in [4.69, 9.17) is 5.11 Å². The number of aromatic nitrogens is 2. The molecule has 6 heteroatoms. The number of anilines is 1. The Balaban J connectivity index is 2.13. The molecule has 0 fully saturated rings. The van der Waals surface area contributed by atoms with Crippen LogP contribution in [0.15, 0.2) is 36.8 Å². The number of nitrogens with zero attached hydrogens (tertiary/aromatic N) is 1. The SMILES string of the molecule is CC(C)(C(=O)O)c1ccc(NC(=O)c2cnc[nH]2)cc1. The van der Waals surface area contributed by atoms with Crippen molar-refractivity contribution >= 4 is 17.6 Å². The van der Waals surface area contributed by atoms with Gasteiger partial charge in [-0.1, -0.05) is 12.1 Å². The fourth-order valence-electron chi connectivity index (χ4n) is 1.67. The summed E-state index contributed by atoms with van der Waals surface area (Å²) in [5.74, 6) is -1.19. The van der Waals surface area contributed by atoms with E-state index in [2.05, 4.69) is 15.3 Å². The fraction of sp³-hybridized carbons (Fsp3) is 0.214. The van der Waals surface area contributed by atoms with E-state index in [0.29, 0.717) is 16.9 Å². The second-order valence-electron chi connectivity index (χ2n) is 4.93. The highest BCUT2D eigenvalue weighted by Crippen LogP contribution is 2.24. The van der Waals surface area contributed by atoms with E-state index >= 15 is 0 Å². The van der Waals surface area contributed by atoms with E-state index in [1.54, 1.807) is 38.1 Å². The Bertz CT molecular complexity index is 616. The van der Waals surface area contributed by atoms with Gasteiger partial charge >= 0.3 is 5.97 Å². The molecular weight excluding hydrogens is 258 g/mol. The summed E-state index contributed by atoms with van der Waals surface area (Å²) in [5, 5.41) is 11.8. The highest BCUT2D eigenvalue weighted by Gasteiger charge is 2.29. The van der Waals surface area contributed by atoms with Crippen LogP contribution in [-0.4, -0.2) is 27.0 Å². The van der Waals surface area contributed by atoms with Crippen molar-refractivity contribution < 1.29 is 14.7 Å². The highest BCUT2D eigenvalue weighted by atomic mass is 16.4. The molecule has 1 amide bonds. The molecule has 2 rings (SSSR count). The number of imidazole rings is 1. The van der Waals surface area contributed by atoms with Crippen LogP contribution < -0.4 is 5.32 Å². The number of nitrogens with one attached hydrogen (secondary N) is 2. The van der Waals surface area contributed by atoms with Gasteiger partial charge in [-0.05, 0) is 31.5 Å². The van der Waals surface area contributed by atoms with Crippen LogP contribution in [0.4, 0.5) is 5.69 Å². The summed E-state index contributed by atoms with van der Waals surface area (Å²) in [6.07, 6.45) is 2.85. The Morgan fingerprint density at radius 3 is 2.40 bits per heavy atom. The van der Waals surface area contributed by atoms with Crippen molar-refractivity contribution in [1.82, 2.24) is 9.97 Å². The van der Waals surface area contributed by atoms with E-state index in [0.717, 1.165) is 0 Å². The minimum atomic E-state index is -0.966. The summed E-state index contributed by atoms with van der Waals surface area (Å²) >= 11 is 0. The molecule has 0 aliphatic heterocycles. The lowest BCUT2D eigenvalue weighted by molar-refractivity contribution is -0.142. The first-order chi connectivity index (χ1) is 9.41. The maximum absolute atomic E-state index is 11.8. The van der Waals surface area contributed by atoms with E-state index in [1.807, 2.05) is 0 Å². The Kier molecular flexibility index (Phi) is 3.56. The third kappa shape index (κ3) is 2.69. The summed E-state index contributed by atoms with van der Waals surface area (Å²) < 4.78 is 0. The zero-order chi connectivity index (χ0) is 14.8. The smallest absolute Gasteiger partial charge is 0.313 e. The maximum Gasteiger partial charge on any atom is 0.313 e. The number of aliphatic carboxylic acids is 1. The predicted molar refractivity (Wildman–Crippen MR) is 73.6 cm³/mol. The van der Waals surface area contributed by atoms with Crippen molar-refractivity contribution in [1.29, 1.82) is 0 Å². The molecule has 0 radical (unpaired) electrons. The van der Waals surface area contributed by atoms with Crippen LogP contribution in [0, 0.1) is 0 Å². The standard InChI is InChI=1S/C14H15N3O3/c1-14(2,13(19)20)9-3-5-10(6-4-9)17-12(18)11-7-15-8-16-11/h3-8H,1-2H3,(H,15,16)(H,17,18)(H,19,20). The van der Waals surface area contributed by atoms with Crippen molar-refractivity contribution in [3.05, 3.63) is 48.0 Å². The summed E-state index contributed by atoms with van der Waals surface area (Å²) in [6.45, 7) is 3.26. The molecule has 20 heavy (non-hydrogen) atoms. The Labute approximate surface area is 115 Å². The average molecular weight is 273 g/mol. The molecule has 6 nitrogen and oxygen atoms in total. The number of hydrogen-bond donors (Lipinski definition) is 3. The molecule has 2 aromatic rings. The van der Waals surface area contributed by atoms with Gasteiger partial charge in [-0.3, -0.25) is 9.59 Å². The van der Waals surface area contributed by atoms with Crippen molar-refractivity contribution in [2.45, 2.75) is 19.3 Å². The van der Waals surface area contributed by atoms with Gasteiger partial charge in [-0.25, -0.2) is 4.98 Å². The van der Waals surface area contributed by atoms with Crippen LogP contribution in [0.5, 0.6) is 0 Å². The zero-order valence-electron chi connectivity index (χ0n) is 11.2. The first-order valence-electron chi connectivity index (χ1n) is 6.05. The minimum Gasteiger partial charge on any atom is -0.481 e. The average Bonchev–Trinajstić information content (AvgIpc) is 2.93. The molecule has 0 saturated heterocycles. The summed E-state index contributed by atoms with van der Waals surface area (Å²) in [4.78, 5) is 29.4. The molecule has 1 aromatic heterocycles. The van der Waals surface area contributed by atoms with Crippen LogP contribution in [0.2, 0.25) is 0 Å².